The Morgan fingerprint density at radius 3 is 1.39 bits per heavy atom. The summed E-state index contributed by atoms with van der Waals surface area (Å²) in [6.45, 7) is 2.61. The fraction of sp³-hybridized carbons (Fsp3) is 1.00. The second-order valence-electron chi connectivity index (χ2n) is 3.61. The molecule has 0 aliphatic heterocycles. The molecule has 0 spiro atoms. The molecule has 100 valence electrons. The van der Waals surface area contributed by atoms with Crippen LogP contribution < -0.4 is 103 Å². The van der Waals surface area contributed by atoms with Crippen molar-refractivity contribution in [2.24, 2.45) is 0 Å². The largest absolute Gasteiger partial charge is 1.00 e. The van der Waals surface area contributed by atoms with Crippen molar-refractivity contribution < 1.29 is 125 Å². The predicted molar refractivity (Wildman–Crippen MR) is 60.2 cm³/mol. The molecule has 0 aromatic heterocycles. The average molecular weight is 333 g/mol. The van der Waals surface area contributed by atoms with E-state index in [4.69, 9.17) is 22.6 Å². The first-order valence-electron chi connectivity index (χ1n) is 5.69. The summed E-state index contributed by atoms with van der Waals surface area (Å²) in [6.07, 6.45) is 10.4. The van der Waals surface area contributed by atoms with E-state index in [1.54, 1.807) is 0 Å². The summed E-state index contributed by atoms with van der Waals surface area (Å²) >= 11 is 0. The van der Waals surface area contributed by atoms with Crippen LogP contribution in [0.1, 0.15) is 58.3 Å². The zero-order valence-corrected chi connectivity index (χ0v) is 18.9. The summed E-state index contributed by atoms with van der Waals surface area (Å²) in [5.74, 6) is 0. The summed E-state index contributed by atoms with van der Waals surface area (Å²) in [7, 11) is -5.17. The Bertz CT molecular complexity index is 206. The first-order chi connectivity index (χ1) is 7.41. The zero-order valence-electron chi connectivity index (χ0n) is 11.9. The van der Waals surface area contributed by atoms with Crippen LogP contribution >= 0.6 is 0 Å². The molecule has 0 aliphatic rings. The van der Waals surface area contributed by atoms with Gasteiger partial charge in [0.1, 0.15) is 0 Å². The monoisotopic (exact) mass is 332 g/mol. The fourth-order valence-corrected chi connectivity index (χ4v) is 1.25. The van der Waals surface area contributed by atoms with Crippen molar-refractivity contribution in [2.45, 2.75) is 58.3 Å². The van der Waals surface area contributed by atoms with E-state index in [2.05, 4.69) is 6.92 Å². The van der Waals surface area contributed by atoms with E-state index in [-0.39, 0.29) is 103 Å². The van der Waals surface area contributed by atoms with Crippen LogP contribution in [-0.4, -0.2) is 29.2 Å². The minimum Gasteiger partial charge on any atom is -0.759 e. The van der Waals surface area contributed by atoms with E-state index in [9.17, 15) is 0 Å². The van der Waals surface area contributed by atoms with Crippen LogP contribution in [-0.2, 0) is 10.4 Å². The molecule has 0 amide bonds. The van der Waals surface area contributed by atoms with Crippen molar-refractivity contribution in [2.75, 3.05) is 6.61 Å². The van der Waals surface area contributed by atoms with Gasteiger partial charge in [0, 0.05) is 17.0 Å². The number of rotatable bonds is 8. The van der Waals surface area contributed by atoms with Gasteiger partial charge < -0.3 is 14.2 Å². The van der Waals surface area contributed by atoms with Crippen molar-refractivity contribution in [3.63, 3.8) is 0 Å². The third-order valence-electron chi connectivity index (χ3n) is 2.01. The molecule has 0 radical (unpaired) electrons. The molecule has 8 heteroatoms. The number of aliphatic hydroxyl groups excluding tert-OH is 1. The normalized spacial score (nSPS) is 9.56. The molecule has 1 N–H and O–H groups in total. The van der Waals surface area contributed by atoms with Crippen LogP contribution in [0.2, 0.25) is 0 Å². The van der Waals surface area contributed by atoms with E-state index in [0.29, 0.717) is 6.61 Å². The third-order valence-corrected chi connectivity index (χ3v) is 2.01. The zero-order chi connectivity index (χ0) is 12.9. The summed E-state index contributed by atoms with van der Waals surface area (Å²) < 4.78 is 34.1. The molecular formula is C10H22K2O5S. The topological polar surface area (TPSA) is 100 Å². The molecule has 0 rings (SSSR count). The minimum absolute atomic E-state index is 0. The van der Waals surface area contributed by atoms with E-state index in [0.717, 1.165) is 6.42 Å². The van der Waals surface area contributed by atoms with Crippen LogP contribution in [0, 0.1) is 0 Å². The average Bonchev–Trinajstić information content (AvgIpc) is 2.14. The second-order valence-corrected chi connectivity index (χ2v) is 4.42. The predicted octanol–water partition coefficient (Wildman–Crippen LogP) is -4.21. The van der Waals surface area contributed by atoms with Crippen LogP contribution in [0.15, 0.2) is 0 Å². The van der Waals surface area contributed by atoms with Crippen LogP contribution in [0.4, 0.5) is 0 Å². The maximum absolute atomic E-state index is 8.52. The Kier molecular flexibility index (Phi) is 36.3. The molecule has 0 bridgehead atoms. The number of aliphatic hydroxyl groups is 1. The molecule has 0 atom stereocenters. The van der Waals surface area contributed by atoms with Gasteiger partial charge in [-0.15, -0.1) is 0 Å². The summed E-state index contributed by atoms with van der Waals surface area (Å²) in [5.41, 5.74) is 0. The Morgan fingerprint density at radius 1 is 0.833 bits per heavy atom. The third kappa shape index (κ3) is 50.8. The van der Waals surface area contributed by atoms with E-state index in [1.165, 1.54) is 44.9 Å². The molecule has 18 heavy (non-hydrogen) atoms. The maximum atomic E-state index is 8.52. The minimum atomic E-state index is -5.17. The van der Waals surface area contributed by atoms with Gasteiger partial charge in [-0.2, -0.15) is 0 Å². The van der Waals surface area contributed by atoms with Crippen molar-refractivity contribution in [1.29, 1.82) is 0 Å². The Morgan fingerprint density at radius 2 is 1.11 bits per heavy atom. The molecule has 0 saturated heterocycles. The van der Waals surface area contributed by atoms with Crippen molar-refractivity contribution >= 4 is 10.4 Å². The molecule has 0 aromatic rings. The van der Waals surface area contributed by atoms with E-state index in [1.807, 2.05) is 0 Å². The molecule has 0 aromatic carbocycles. The quantitative estimate of drug-likeness (QED) is 0.210. The first-order valence-corrected chi connectivity index (χ1v) is 7.02. The van der Waals surface area contributed by atoms with Crippen molar-refractivity contribution in [3.8, 4) is 0 Å². The van der Waals surface area contributed by atoms with Crippen LogP contribution in [0.3, 0.4) is 0 Å². The number of hydrogen-bond acceptors (Lipinski definition) is 5. The second kappa shape index (κ2) is 22.4. The van der Waals surface area contributed by atoms with Gasteiger partial charge in [0.25, 0.3) is 0 Å². The van der Waals surface area contributed by atoms with Gasteiger partial charge in [0.15, 0.2) is 0 Å². The molecule has 0 heterocycles. The van der Waals surface area contributed by atoms with Crippen LogP contribution in [0.25, 0.3) is 0 Å². The van der Waals surface area contributed by atoms with Gasteiger partial charge in [0.2, 0.25) is 0 Å². The Labute approximate surface area is 196 Å². The fourth-order valence-electron chi connectivity index (χ4n) is 1.25. The van der Waals surface area contributed by atoms with Gasteiger partial charge in [-0.3, -0.25) is 8.42 Å². The maximum Gasteiger partial charge on any atom is 1.00 e. The number of hydrogen-bond donors (Lipinski definition) is 1. The molecule has 0 aliphatic carbocycles. The standard InChI is InChI=1S/C10H22O.2K.H2O4S/c1-2-3-4-5-6-7-8-9-10-11;;;1-5(2,3)4/h11H,2-10H2,1H3;;;(H2,1,2,3,4)/q;2*+1;/p-2. The molecule has 5 nitrogen and oxygen atoms in total. The smallest absolute Gasteiger partial charge is 0.759 e. The van der Waals surface area contributed by atoms with E-state index < -0.39 is 10.4 Å². The number of unbranched alkanes of at least 4 members (excludes halogenated alkanes) is 7. The van der Waals surface area contributed by atoms with Gasteiger partial charge in [-0.1, -0.05) is 51.9 Å². The molecule has 0 fully saturated rings. The van der Waals surface area contributed by atoms with Gasteiger partial charge >= 0.3 is 103 Å². The summed E-state index contributed by atoms with van der Waals surface area (Å²) in [6, 6.07) is 0. The molecular weight excluding hydrogens is 310 g/mol. The van der Waals surface area contributed by atoms with Crippen molar-refractivity contribution in [3.05, 3.63) is 0 Å². The first kappa shape index (κ1) is 29.2. The van der Waals surface area contributed by atoms with Crippen LogP contribution in [0.5, 0.6) is 0 Å². The van der Waals surface area contributed by atoms with Crippen molar-refractivity contribution in [1.82, 2.24) is 0 Å². The molecule has 0 saturated carbocycles. The van der Waals surface area contributed by atoms with Gasteiger partial charge in [-0.25, -0.2) is 0 Å². The molecule has 0 unspecified atom stereocenters. The Hall–Kier alpha value is 3.10. The SMILES string of the molecule is CCCCCCCCCCO.O=S(=O)([O-])[O-].[K+].[K+]. The summed E-state index contributed by atoms with van der Waals surface area (Å²) in [5, 5.41) is 8.51. The summed E-state index contributed by atoms with van der Waals surface area (Å²) in [4.78, 5) is 0. The van der Waals surface area contributed by atoms with E-state index >= 15 is 0 Å². The van der Waals surface area contributed by atoms with Gasteiger partial charge in [-0.05, 0) is 6.42 Å². The van der Waals surface area contributed by atoms with Gasteiger partial charge in [0.05, 0.1) is 0 Å². The Balaban J connectivity index is -0.000000122.